The summed E-state index contributed by atoms with van der Waals surface area (Å²) >= 11 is 6.82. The molecule has 0 bridgehead atoms. The summed E-state index contributed by atoms with van der Waals surface area (Å²) in [6, 6.07) is 0. The van der Waals surface area contributed by atoms with Gasteiger partial charge >= 0.3 is 5.97 Å². The molecule has 11 heavy (non-hydrogen) atoms. The average Bonchev–Trinajstić information content (AvgIpc) is 1.94. The van der Waals surface area contributed by atoms with Crippen molar-refractivity contribution in [2.45, 2.75) is 28.9 Å². The Hall–Kier alpha value is 0.430. The molecule has 3 atom stereocenters. The van der Waals surface area contributed by atoms with Crippen LogP contribution in [0.5, 0.6) is 0 Å². The van der Waals surface area contributed by atoms with Gasteiger partial charge in [-0.15, -0.1) is 0 Å². The largest absolute Gasteiger partial charge is 0.481 e. The average molecular weight is 286 g/mol. The van der Waals surface area contributed by atoms with E-state index in [9.17, 15) is 4.79 Å². The second-order valence-corrected chi connectivity index (χ2v) is 5.34. The summed E-state index contributed by atoms with van der Waals surface area (Å²) in [6.45, 7) is 0. The van der Waals surface area contributed by atoms with E-state index in [4.69, 9.17) is 5.11 Å². The summed E-state index contributed by atoms with van der Waals surface area (Å²) in [7, 11) is 0. The molecule has 0 radical (unpaired) electrons. The van der Waals surface area contributed by atoms with Crippen LogP contribution < -0.4 is 0 Å². The third-order valence-electron chi connectivity index (χ3n) is 2.02. The molecule has 2 nitrogen and oxygen atoms in total. The van der Waals surface area contributed by atoms with Gasteiger partial charge in [-0.1, -0.05) is 31.9 Å². The van der Waals surface area contributed by atoms with Crippen LogP contribution in [0.25, 0.3) is 0 Å². The molecule has 0 amide bonds. The Kier molecular flexibility index (Phi) is 3.37. The molecule has 64 valence electrons. The van der Waals surface area contributed by atoms with Gasteiger partial charge < -0.3 is 5.11 Å². The second-order valence-electron chi connectivity index (χ2n) is 2.87. The van der Waals surface area contributed by atoms with Crippen molar-refractivity contribution in [2.75, 3.05) is 0 Å². The highest BCUT2D eigenvalue weighted by Crippen LogP contribution is 2.33. The first-order valence-corrected chi connectivity index (χ1v) is 5.45. The van der Waals surface area contributed by atoms with E-state index in [0.29, 0.717) is 4.83 Å². The molecule has 4 heteroatoms. The summed E-state index contributed by atoms with van der Waals surface area (Å²) in [6.07, 6.45) is 2.76. The van der Waals surface area contributed by atoms with Gasteiger partial charge in [-0.2, -0.15) is 0 Å². The number of hydrogen-bond acceptors (Lipinski definition) is 1. The lowest BCUT2D eigenvalue weighted by molar-refractivity contribution is -0.142. The van der Waals surface area contributed by atoms with Crippen molar-refractivity contribution in [3.63, 3.8) is 0 Å². The van der Waals surface area contributed by atoms with E-state index in [2.05, 4.69) is 31.9 Å². The summed E-state index contributed by atoms with van der Waals surface area (Å²) in [5, 5.41) is 8.78. The first-order valence-electron chi connectivity index (χ1n) is 3.62. The van der Waals surface area contributed by atoms with Crippen LogP contribution in [-0.4, -0.2) is 20.7 Å². The van der Waals surface area contributed by atoms with Gasteiger partial charge in [0, 0.05) is 9.65 Å². The molecule has 0 aromatic carbocycles. The first-order chi connectivity index (χ1) is 5.11. The molecule has 0 aliphatic heterocycles. The van der Waals surface area contributed by atoms with Crippen LogP contribution in [0.15, 0.2) is 0 Å². The highest BCUT2D eigenvalue weighted by atomic mass is 79.9. The molecule has 1 aliphatic carbocycles. The Morgan fingerprint density at radius 2 is 2.00 bits per heavy atom. The molecule has 0 aromatic heterocycles. The molecule has 3 unspecified atom stereocenters. The maximum Gasteiger partial charge on any atom is 0.307 e. The summed E-state index contributed by atoms with van der Waals surface area (Å²) < 4.78 is 0. The summed E-state index contributed by atoms with van der Waals surface area (Å²) in [5.74, 6) is -0.899. The molecule has 0 spiro atoms. The number of carbonyl (C=O) groups is 1. The van der Waals surface area contributed by atoms with Crippen LogP contribution in [0.2, 0.25) is 0 Å². The molecule has 1 saturated carbocycles. The van der Waals surface area contributed by atoms with Gasteiger partial charge in [0.1, 0.15) is 0 Å². The monoisotopic (exact) mass is 284 g/mol. The van der Waals surface area contributed by atoms with Crippen molar-refractivity contribution in [3.05, 3.63) is 0 Å². The van der Waals surface area contributed by atoms with Crippen molar-refractivity contribution in [1.82, 2.24) is 0 Å². The summed E-state index contributed by atoms with van der Waals surface area (Å²) in [5.41, 5.74) is 0. The number of hydrogen-bond donors (Lipinski definition) is 1. The van der Waals surface area contributed by atoms with E-state index in [1.165, 1.54) is 0 Å². The fourth-order valence-electron chi connectivity index (χ4n) is 1.34. The Balaban J connectivity index is 2.54. The minimum absolute atomic E-state index is 0.161. The zero-order chi connectivity index (χ0) is 8.43. The number of halogens is 2. The van der Waals surface area contributed by atoms with Crippen LogP contribution in [0.4, 0.5) is 0 Å². The van der Waals surface area contributed by atoms with E-state index in [-0.39, 0.29) is 10.7 Å². The lowest BCUT2D eigenvalue weighted by Gasteiger charge is -2.27. The highest BCUT2D eigenvalue weighted by molar-refractivity contribution is 9.10. The number of aliphatic carboxylic acids is 1. The van der Waals surface area contributed by atoms with Gasteiger partial charge in [-0.3, -0.25) is 4.79 Å². The number of carboxylic acid groups (broad SMARTS) is 1. The molecule has 1 aliphatic rings. The fourth-order valence-corrected chi connectivity index (χ4v) is 2.71. The van der Waals surface area contributed by atoms with E-state index < -0.39 is 5.97 Å². The maximum atomic E-state index is 10.7. The van der Waals surface area contributed by atoms with Crippen molar-refractivity contribution in [3.8, 4) is 0 Å². The Morgan fingerprint density at radius 1 is 1.36 bits per heavy atom. The zero-order valence-electron chi connectivity index (χ0n) is 5.96. The molecule has 1 fully saturated rings. The van der Waals surface area contributed by atoms with Crippen molar-refractivity contribution in [2.24, 2.45) is 5.92 Å². The van der Waals surface area contributed by atoms with Gasteiger partial charge in [-0.05, 0) is 19.3 Å². The minimum atomic E-state index is -0.684. The molecule has 0 saturated heterocycles. The van der Waals surface area contributed by atoms with Gasteiger partial charge in [0.05, 0.1) is 5.92 Å². The van der Waals surface area contributed by atoms with Gasteiger partial charge in [0.15, 0.2) is 0 Å². The number of rotatable bonds is 1. The van der Waals surface area contributed by atoms with Crippen molar-refractivity contribution >= 4 is 37.8 Å². The third kappa shape index (κ3) is 2.44. The van der Waals surface area contributed by atoms with Crippen LogP contribution in [0, 0.1) is 5.92 Å². The van der Waals surface area contributed by atoms with Crippen molar-refractivity contribution in [1.29, 1.82) is 0 Å². The fraction of sp³-hybridized carbons (Fsp3) is 0.857. The molecule has 1 rings (SSSR count). The molecule has 0 aromatic rings. The minimum Gasteiger partial charge on any atom is -0.481 e. The van der Waals surface area contributed by atoms with Crippen LogP contribution in [-0.2, 0) is 4.79 Å². The SMILES string of the molecule is O=C(O)C1CC(Br)CCC1Br. The lowest BCUT2D eigenvalue weighted by atomic mass is 9.89. The molecule has 0 heterocycles. The standard InChI is InChI=1S/C7H10Br2O2/c8-4-1-2-6(9)5(3-4)7(10)11/h4-6H,1-3H2,(H,10,11). The topological polar surface area (TPSA) is 37.3 Å². The normalized spacial score (nSPS) is 38.5. The predicted octanol–water partition coefficient (Wildman–Crippen LogP) is 2.40. The maximum absolute atomic E-state index is 10.7. The van der Waals surface area contributed by atoms with E-state index in [1.807, 2.05) is 0 Å². The molecular weight excluding hydrogens is 276 g/mol. The van der Waals surface area contributed by atoms with Crippen LogP contribution >= 0.6 is 31.9 Å². The molecule has 1 N–H and O–H groups in total. The Morgan fingerprint density at radius 3 is 2.45 bits per heavy atom. The summed E-state index contributed by atoms with van der Waals surface area (Å²) in [4.78, 5) is 11.2. The quantitative estimate of drug-likeness (QED) is 0.751. The predicted molar refractivity (Wildman–Crippen MR) is 50.4 cm³/mol. The van der Waals surface area contributed by atoms with Crippen LogP contribution in [0.3, 0.4) is 0 Å². The zero-order valence-corrected chi connectivity index (χ0v) is 9.14. The van der Waals surface area contributed by atoms with E-state index in [0.717, 1.165) is 19.3 Å². The van der Waals surface area contributed by atoms with Gasteiger partial charge in [0.25, 0.3) is 0 Å². The van der Waals surface area contributed by atoms with Gasteiger partial charge in [-0.25, -0.2) is 0 Å². The van der Waals surface area contributed by atoms with Crippen LogP contribution in [0.1, 0.15) is 19.3 Å². The van der Waals surface area contributed by atoms with Crippen molar-refractivity contribution < 1.29 is 9.90 Å². The second kappa shape index (κ2) is 3.90. The lowest BCUT2D eigenvalue weighted by Crippen LogP contribution is -2.31. The Bertz CT molecular complexity index is 161. The smallest absolute Gasteiger partial charge is 0.307 e. The first kappa shape index (κ1) is 9.52. The number of alkyl halides is 2. The number of carboxylic acids is 1. The third-order valence-corrected chi connectivity index (χ3v) is 3.95. The van der Waals surface area contributed by atoms with E-state index >= 15 is 0 Å². The highest BCUT2D eigenvalue weighted by Gasteiger charge is 2.32. The molecular formula is C7H10Br2O2. The van der Waals surface area contributed by atoms with E-state index in [1.54, 1.807) is 0 Å². The van der Waals surface area contributed by atoms with Gasteiger partial charge in [0.2, 0.25) is 0 Å². The Labute approximate surface area is 82.6 Å².